The van der Waals surface area contributed by atoms with Gasteiger partial charge in [-0.15, -0.1) is 0 Å². The van der Waals surface area contributed by atoms with E-state index in [1.807, 2.05) is 38.1 Å². The number of carbonyl (C=O) groups excluding carboxylic acids is 2. The molecule has 1 unspecified atom stereocenters. The second-order valence-electron chi connectivity index (χ2n) is 4.33. The van der Waals surface area contributed by atoms with E-state index in [4.69, 9.17) is 0 Å². The van der Waals surface area contributed by atoms with Crippen molar-refractivity contribution < 1.29 is 9.59 Å². The fourth-order valence-electron chi connectivity index (χ4n) is 1.46. The Kier molecular flexibility index (Phi) is 6.56. The Bertz CT molecular complexity index is 432. The molecule has 2 N–H and O–H groups in total. The zero-order valence-electron chi connectivity index (χ0n) is 11.2. The molecule has 0 aliphatic rings. The van der Waals surface area contributed by atoms with Crippen molar-refractivity contribution >= 4 is 33.4 Å². The van der Waals surface area contributed by atoms with E-state index in [1.165, 1.54) is 0 Å². The molecule has 1 aromatic carbocycles. The van der Waals surface area contributed by atoms with E-state index in [0.29, 0.717) is 6.54 Å². The molecule has 0 fully saturated rings. The lowest BCUT2D eigenvalue weighted by atomic mass is 10.2. The number of halogens is 1. The van der Waals surface area contributed by atoms with Crippen LogP contribution >= 0.6 is 15.9 Å². The molecule has 19 heavy (non-hydrogen) atoms. The van der Waals surface area contributed by atoms with E-state index in [1.54, 1.807) is 0 Å². The van der Waals surface area contributed by atoms with Crippen LogP contribution in [0, 0.1) is 6.92 Å². The predicted octanol–water partition coefficient (Wildman–Crippen LogP) is 2.61. The molecule has 4 nitrogen and oxygen atoms in total. The molecule has 0 saturated carbocycles. The second kappa shape index (κ2) is 7.94. The summed E-state index contributed by atoms with van der Waals surface area (Å²) in [4.78, 5) is 22.9. The monoisotopic (exact) mass is 326 g/mol. The Morgan fingerprint density at radius 2 is 1.89 bits per heavy atom. The van der Waals surface area contributed by atoms with Crippen molar-refractivity contribution in [1.82, 2.24) is 5.32 Å². The molecular formula is C14H19BrN2O2. The molecule has 0 bridgehead atoms. The van der Waals surface area contributed by atoms with E-state index in [9.17, 15) is 9.59 Å². The first-order chi connectivity index (χ1) is 9.02. The molecule has 5 heteroatoms. The van der Waals surface area contributed by atoms with Crippen LogP contribution in [0.1, 0.15) is 25.3 Å². The van der Waals surface area contributed by atoms with Gasteiger partial charge in [0.15, 0.2) is 0 Å². The SMILES string of the molecule is CCC(Br)C(=O)NCCC(=O)Nc1ccc(C)cc1. The van der Waals surface area contributed by atoms with Crippen molar-refractivity contribution in [3.05, 3.63) is 29.8 Å². The summed E-state index contributed by atoms with van der Waals surface area (Å²) in [7, 11) is 0. The first-order valence-electron chi connectivity index (χ1n) is 6.31. The zero-order valence-corrected chi connectivity index (χ0v) is 12.8. The number of aryl methyl sites for hydroxylation is 1. The molecule has 1 atom stereocenters. The van der Waals surface area contributed by atoms with Gasteiger partial charge in [0.05, 0.1) is 4.83 Å². The lowest BCUT2D eigenvalue weighted by Gasteiger charge is -2.09. The second-order valence-corrected chi connectivity index (χ2v) is 5.44. The van der Waals surface area contributed by atoms with Crippen molar-refractivity contribution in [2.45, 2.75) is 31.5 Å². The van der Waals surface area contributed by atoms with Gasteiger partial charge in [0.1, 0.15) is 0 Å². The quantitative estimate of drug-likeness (QED) is 0.789. The number of carbonyl (C=O) groups is 2. The molecule has 0 heterocycles. The van der Waals surface area contributed by atoms with Crippen LogP contribution in [0.25, 0.3) is 0 Å². The number of anilines is 1. The average molecular weight is 327 g/mol. The molecule has 0 aliphatic carbocycles. The summed E-state index contributed by atoms with van der Waals surface area (Å²) in [5, 5.41) is 5.50. The van der Waals surface area contributed by atoms with Crippen molar-refractivity contribution in [2.24, 2.45) is 0 Å². The third-order valence-corrected chi connectivity index (χ3v) is 3.69. The van der Waals surface area contributed by atoms with Crippen LogP contribution in [-0.2, 0) is 9.59 Å². The summed E-state index contributed by atoms with van der Waals surface area (Å²) in [6.07, 6.45) is 0.991. The average Bonchev–Trinajstić information content (AvgIpc) is 2.40. The van der Waals surface area contributed by atoms with Crippen LogP contribution in [0.5, 0.6) is 0 Å². The van der Waals surface area contributed by atoms with Gasteiger partial charge in [-0.1, -0.05) is 40.5 Å². The van der Waals surface area contributed by atoms with Gasteiger partial charge in [-0.3, -0.25) is 9.59 Å². The minimum atomic E-state index is -0.187. The van der Waals surface area contributed by atoms with E-state index < -0.39 is 0 Å². The zero-order chi connectivity index (χ0) is 14.3. The normalized spacial score (nSPS) is 11.7. The minimum absolute atomic E-state index is 0.0781. The maximum absolute atomic E-state index is 11.6. The van der Waals surface area contributed by atoms with Gasteiger partial charge in [-0.25, -0.2) is 0 Å². The smallest absolute Gasteiger partial charge is 0.233 e. The highest BCUT2D eigenvalue weighted by molar-refractivity contribution is 9.10. The predicted molar refractivity (Wildman–Crippen MR) is 80.4 cm³/mol. The Labute approximate surface area is 122 Å². The third-order valence-electron chi connectivity index (χ3n) is 2.63. The van der Waals surface area contributed by atoms with Crippen LogP contribution in [0.4, 0.5) is 5.69 Å². The number of nitrogens with one attached hydrogen (secondary N) is 2. The van der Waals surface area contributed by atoms with Crippen LogP contribution in [0.3, 0.4) is 0 Å². The van der Waals surface area contributed by atoms with Crippen molar-refractivity contribution in [3.63, 3.8) is 0 Å². The summed E-state index contributed by atoms with van der Waals surface area (Å²) in [5.74, 6) is -0.183. The van der Waals surface area contributed by atoms with Gasteiger partial charge in [-0.05, 0) is 25.5 Å². The van der Waals surface area contributed by atoms with Gasteiger partial charge < -0.3 is 10.6 Å². The lowest BCUT2D eigenvalue weighted by molar-refractivity contribution is -0.120. The van der Waals surface area contributed by atoms with E-state index >= 15 is 0 Å². The Morgan fingerprint density at radius 1 is 1.26 bits per heavy atom. The van der Waals surface area contributed by atoms with E-state index in [2.05, 4.69) is 26.6 Å². The molecule has 0 aliphatic heterocycles. The van der Waals surface area contributed by atoms with Gasteiger partial charge in [0.25, 0.3) is 0 Å². The van der Waals surface area contributed by atoms with Gasteiger partial charge in [0.2, 0.25) is 11.8 Å². The van der Waals surface area contributed by atoms with Gasteiger partial charge in [-0.2, -0.15) is 0 Å². The number of hydrogen-bond acceptors (Lipinski definition) is 2. The van der Waals surface area contributed by atoms with Crippen LogP contribution in [-0.4, -0.2) is 23.2 Å². The number of amides is 2. The molecule has 0 saturated heterocycles. The van der Waals surface area contributed by atoms with Crippen molar-refractivity contribution in [2.75, 3.05) is 11.9 Å². The molecule has 104 valence electrons. The van der Waals surface area contributed by atoms with Crippen LogP contribution in [0.15, 0.2) is 24.3 Å². The van der Waals surface area contributed by atoms with E-state index in [0.717, 1.165) is 17.7 Å². The van der Waals surface area contributed by atoms with Crippen LogP contribution < -0.4 is 10.6 Å². The number of alkyl halides is 1. The Morgan fingerprint density at radius 3 is 2.47 bits per heavy atom. The summed E-state index contributed by atoms with van der Waals surface area (Å²) < 4.78 is 0. The van der Waals surface area contributed by atoms with Gasteiger partial charge in [0, 0.05) is 18.7 Å². The maximum atomic E-state index is 11.6. The highest BCUT2D eigenvalue weighted by atomic mass is 79.9. The Hall–Kier alpha value is -1.36. The highest BCUT2D eigenvalue weighted by Crippen LogP contribution is 2.08. The number of benzene rings is 1. The molecule has 2 amide bonds. The highest BCUT2D eigenvalue weighted by Gasteiger charge is 2.11. The minimum Gasteiger partial charge on any atom is -0.355 e. The molecule has 0 aromatic heterocycles. The van der Waals surface area contributed by atoms with Crippen molar-refractivity contribution in [3.8, 4) is 0 Å². The summed E-state index contributed by atoms with van der Waals surface area (Å²) in [6, 6.07) is 7.59. The molecule has 1 aromatic rings. The fourth-order valence-corrected chi connectivity index (χ4v) is 1.62. The molecule has 0 spiro atoms. The topological polar surface area (TPSA) is 58.2 Å². The Balaban J connectivity index is 2.28. The van der Waals surface area contributed by atoms with Crippen molar-refractivity contribution in [1.29, 1.82) is 0 Å². The first kappa shape index (κ1) is 15.7. The summed E-state index contributed by atoms with van der Waals surface area (Å²) in [5.41, 5.74) is 1.92. The number of hydrogen-bond donors (Lipinski definition) is 2. The molecular weight excluding hydrogens is 308 g/mol. The van der Waals surface area contributed by atoms with E-state index in [-0.39, 0.29) is 23.1 Å². The first-order valence-corrected chi connectivity index (χ1v) is 7.22. The maximum Gasteiger partial charge on any atom is 0.233 e. The standard InChI is InChI=1S/C14H19BrN2O2/c1-3-12(15)14(19)16-9-8-13(18)17-11-6-4-10(2)5-7-11/h4-7,12H,3,8-9H2,1-2H3,(H,16,19)(H,17,18). The largest absolute Gasteiger partial charge is 0.355 e. The molecule has 0 radical (unpaired) electrons. The fraction of sp³-hybridized carbons (Fsp3) is 0.429. The third kappa shape index (κ3) is 5.87. The lowest BCUT2D eigenvalue weighted by Crippen LogP contribution is -2.33. The summed E-state index contributed by atoms with van der Waals surface area (Å²) in [6.45, 7) is 4.26. The molecule has 1 rings (SSSR count). The number of rotatable bonds is 6. The van der Waals surface area contributed by atoms with Gasteiger partial charge >= 0.3 is 0 Å². The summed E-state index contributed by atoms with van der Waals surface area (Å²) >= 11 is 3.26. The van der Waals surface area contributed by atoms with Crippen LogP contribution in [0.2, 0.25) is 0 Å².